The van der Waals surface area contributed by atoms with Crippen LogP contribution >= 0.6 is 0 Å². The molecular weight excluding hydrogens is 364 g/mol. The Balaban J connectivity index is 1.53. The zero-order chi connectivity index (χ0) is 19.8. The average molecular weight is 388 g/mol. The monoisotopic (exact) mass is 388 g/mol. The first kappa shape index (κ1) is 17.3. The van der Waals surface area contributed by atoms with Gasteiger partial charge in [-0.3, -0.25) is 9.59 Å². The van der Waals surface area contributed by atoms with Crippen molar-refractivity contribution in [2.45, 2.75) is 56.7 Å². The number of cyclic esters (lactones) is 1. The molecule has 2 aliphatic heterocycles. The lowest BCUT2D eigenvalue weighted by molar-refractivity contribution is -0.162. The summed E-state index contributed by atoms with van der Waals surface area (Å²) in [4.78, 5) is 26.6. The molecule has 2 saturated heterocycles. The van der Waals surface area contributed by atoms with Crippen LogP contribution in [0.2, 0.25) is 0 Å². The van der Waals surface area contributed by atoms with Crippen molar-refractivity contribution in [3.8, 4) is 0 Å². The van der Waals surface area contributed by atoms with E-state index in [9.17, 15) is 9.59 Å². The summed E-state index contributed by atoms with van der Waals surface area (Å²) in [6.45, 7) is 2.12. The Morgan fingerprint density at radius 2 is 1.55 bits per heavy atom. The number of hydrogen-bond acceptors (Lipinski definition) is 4. The van der Waals surface area contributed by atoms with E-state index in [0.29, 0.717) is 6.42 Å². The van der Waals surface area contributed by atoms with Crippen LogP contribution in [0.1, 0.15) is 66.7 Å². The van der Waals surface area contributed by atoms with Gasteiger partial charge in [0.15, 0.2) is 6.10 Å². The molecule has 4 nitrogen and oxygen atoms in total. The molecule has 2 aromatic carbocycles. The largest absolute Gasteiger partial charge is 0.458 e. The number of ether oxygens (including phenoxy) is 2. The van der Waals surface area contributed by atoms with Crippen molar-refractivity contribution in [2.24, 2.45) is 11.3 Å². The van der Waals surface area contributed by atoms with Gasteiger partial charge in [0.1, 0.15) is 12.0 Å². The Kier molecular flexibility index (Phi) is 3.54. The van der Waals surface area contributed by atoms with Crippen molar-refractivity contribution in [3.05, 3.63) is 70.8 Å². The van der Waals surface area contributed by atoms with Crippen LogP contribution in [0.5, 0.6) is 0 Å². The summed E-state index contributed by atoms with van der Waals surface area (Å²) < 4.78 is 11.7. The second-order valence-corrected chi connectivity index (χ2v) is 8.95. The first-order valence-electron chi connectivity index (χ1n) is 10.8. The quantitative estimate of drug-likeness (QED) is 0.735. The lowest BCUT2D eigenvalue weighted by atomic mass is 9.48. The molecule has 3 aliphatic carbocycles. The summed E-state index contributed by atoms with van der Waals surface area (Å²) >= 11 is 0. The van der Waals surface area contributed by atoms with Crippen LogP contribution < -0.4 is 0 Å². The van der Waals surface area contributed by atoms with Gasteiger partial charge in [0, 0.05) is 11.8 Å². The predicted molar refractivity (Wildman–Crippen MR) is 106 cm³/mol. The van der Waals surface area contributed by atoms with Gasteiger partial charge in [-0.15, -0.1) is 0 Å². The number of fused-ring (bicyclic) bond motifs is 1. The Morgan fingerprint density at radius 1 is 0.931 bits per heavy atom. The molecule has 0 N–H and O–H groups in total. The number of rotatable bonds is 3. The van der Waals surface area contributed by atoms with Crippen molar-refractivity contribution in [3.63, 3.8) is 0 Å². The van der Waals surface area contributed by atoms with Crippen LogP contribution in [0, 0.1) is 11.3 Å². The molecule has 2 heterocycles. The maximum Gasteiger partial charge on any atom is 0.314 e. The zero-order valence-corrected chi connectivity index (χ0v) is 16.5. The fourth-order valence-corrected chi connectivity index (χ4v) is 6.53. The standard InChI is InChI=1S/C25H24O4/c1-2-3-12-19-22-21(23(26)28-19)25(24(27)29-22)13-18-14-8-4-6-10-16(14)20(25)17-11-7-5-9-15(17)18/h4-11,18-22H,2-3,12-13H2,1H3/t18?,19-,20?,21-,22-,25+/m0/s1. The summed E-state index contributed by atoms with van der Waals surface area (Å²) in [5.74, 6) is -0.999. The van der Waals surface area contributed by atoms with E-state index in [-0.39, 0.29) is 29.9 Å². The third-order valence-corrected chi connectivity index (χ3v) is 7.66. The van der Waals surface area contributed by atoms with E-state index in [2.05, 4.69) is 43.3 Å². The van der Waals surface area contributed by atoms with Crippen molar-refractivity contribution >= 4 is 11.9 Å². The molecule has 2 fully saturated rings. The van der Waals surface area contributed by atoms with Gasteiger partial charge in [0.05, 0.1) is 5.41 Å². The fourth-order valence-electron chi connectivity index (χ4n) is 6.53. The minimum absolute atomic E-state index is 0.112. The van der Waals surface area contributed by atoms with Crippen LogP contribution in [0.15, 0.2) is 48.5 Å². The molecule has 4 heteroatoms. The highest BCUT2D eigenvalue weighted by Crippen LogP contribution is 2.67. The molecular formula is C25H24O4. The number of esters is 2. The summed E-state index contributed by atoms with van der Waals surface area (Å²) in [5.41, 5.74) is 4.06. The summed E-state index contributed by atoms with van der Waals surface area (Å²) in [6.07, 6.45) is 2.62. The Labute approximate surface area is 170 Å². The maximum absolute atomic E-state index is 13.5. The SMILES string of the molecule is CCCC[C@@H]1OC(=O)[C@@H]2[C@H]1OC(=O)[C@@]21CC2c3ccccc3C1c1ccccc12. The predicted octanol–water partition coefficient (Wildman–Crippen LogP) is 4.31. The number of benzene rings is 2. The minimum atomic E-state index is -0.851. The van der Waals surface area contributed by atoms with Gasteiger partial charge in [0.2, 0.25) is 0 Å². The highest BCUT2D eigenvalue weighted by molar-refractivity contribution is 5.93. The first-order chi connectivity index (χ1) is 14.2. The van der Waals surface area contributed by atoms with E-state index >= 15 is 0 Å². The minimum Gasteiger partial charge on any atom is -0.458 e. The van der Waals surface area contributed by atoms with Gasteiger partial charge in [-0.05, 0) is 41.5 Å². The number of hydrogen-bond donors (Lipinski definition) is 0. The van der Waals surface area contributed by atoms with Crippen molar-refractivity contribution in [1.29, 1.82) is 0 Å². The van der Waals surface area contributed by atoms with Crippen molar-refractivity contribution in [1.82, 2.24) is 0 Å². The second kappa shape index (κ2) is 5.94. The average Bonchev–Trinajstić information content (AvgIpc) is 3.21. The van der Waals surface area contributed by atoms with Crippen LogP contribution in [0.4, 0.5) is 0 Å². The molecule has 0 radical (unpaired) electrons. The smallest absolute Gasteiger partial charge is 0.314 e. The molecule has 4 atom stereocenters. The molecule has 2 aromatic rings. The molecule has 0 unspecified atom stereocenters. The van der Waals surface area contributed by atoms with Gasteiger partial charge in [-0.25, -0.2) is 0 Å². The molecule has 1 spiro atoms. The molecule has 148 valence electrons. The van der Waals surface area contributed by atoms with E-state index < -0.39 is 17.4 Å². The highest BCUT2D eigenvalue weighted by atomic mass is 16.6. The molecule has 0 aromatic heterocycles. The van der Waals surface area contributed by atoms with Crippen LogP contribution in [-0.4, -0.2) is 24.1 Å². The third-order valence-electron chi connectivity index (χ3n) is 7.66. The second-order valence-electron chi connectivity index (χ2n) is 8.95. The molecule has 7 rings (SSSR count). The Morgan fingerprint density at radius 3 is 2.17 bits per heavy atom. The van der Waals surface area contributed by atoms with E-state index in [0.717, 1.165) is 19.3 Å². The Bertz CT molecular complexity index is 979. The molecule has 5 aliphatic rings. The molecule has 0 saturated carbocycles. The van der Waals surface area contributed by atoms with E-state index in [1.165, 1.54) is 22.3 Å². The third kappa shape index (κ3) is 2.04. The van der Waals surface area contributed by atoms with Crippen LogP contribution in [0.25, 0.3) is 0 Å². The molecule has 0 amide bonds. The summed E-state index contributed by atoms with van der Waals surface area (Å²) in [6, 6.07) is 16.8. The van der Waals surface area contributed by atoms with Crippen molar-refractivity contribution in [2.75, 3.05) is 0 Å². The maximum atomic E-state index is 13.5. The highest BCUT2D eigenvalue weighted by Gasteiger charge is 2.72. The van der Waals surface area contributed by atoms with Gasteiger partial charge >= 0.3 is 11.9 Å². The number of unbranched alkanes of at least 4 members (excludes halogenated alkanes) is 1. The van der Waals surface area contributed by atoms with Gasteiger partial charge in [-0.2, -0.15) is 0 Å². The lowest BCUT2D eigenvalue weighted by Crippen LogP contribution is -2.50. The van der Waals surface area contributed by atoms with Gasteiger partial charge < -0.3 is 9.47 Å². The van der Waals surface area contributed by atoms with Crippen molar-refractivity contribution < 1.29 is 19.1 Å². The number of carbonyl (C=O) groups is 2. The summed E-state index contributed by atoms with van der Waals surface area (Å²) in [5, 5.41) is 0. The zero-order valence-electron chi connectivity index (χ0n) is 16.5. The van der Waals surface area contributed by atoms with Crippen LogP contribution in [-0.2, 0) is 19.1 Å². The summed E-state index contributed by atoms with van der Waals surface area (Å²) in [7, 11) is 0. The topological polar surface area (TPSA) is 52.6 Å². The van der Waals surface area contributed by atoms with Gasteiger partial charge in [0.25, 0.3) is 0 Å². The fraction of sp³-hybridized carbons (Fsp3) is 0.440. The van der Waals surface area contributed by atoms with E-state index in [4.69, 9.17) is 9.47 Å². The van der Waals surface area contributed by atoms with E-state index in [1.807, 2.05) is 12.1 Å². The normalized spacial score (nSPS) is 35.8. The van der Waals surface area contributed by atoms with Gasteiger partial charge in [-0.1, -0.05) is 61.9 Å². The first-order valence-corrected chi connectivity index (χ1v) is 10.8. The lowest BCUT2D eigenvalue weighted by Gasteiger charge is -2.50. The number of carbonyl (C=O) groups excluding carboxylic acids is 2. The Hall–Kier alpha value is -2.62. The van der Waals surface area contributed by atoms with E-state index in [1.54, 1.807) is 0 Å². The molecule has 29 heavy (non-hydrogen) atoms. The van der Waals surface area contributed by atoms with Crippen LogP contribution in [0.3, 0.4) is 0 Å². The molecule has 2 bridgehead atoms.